The predicted molar refractivity (Wildman–Crippen MR) is 209 cm³/mol. The summed E-state index contributed by atoms with van der Waals surface area (Å²) in [7, 11) is 0. The molecule has 61 heavy (non-hydrogen) atoms. The lowest BCUT2D eigenvalue weighted by Crippen LogP contribution is -2.54. The Morgan fingerprint density at radius 3 is 2.39 bits per heavy atom. The summed E-state index contributed by atoms with van der Waals surface area (Å²) in [6, 6.07) is 9.36. The Morgan fingerprint density at radius 1 is 1.02 bits per heavy atom. The van der Waals surface area contributed by atoms with Crippen molar-refractivity contribution in [2.24, 2.45) is 0 Å². The highest BCUT2D eigenvalue weighted by Crippen LogP contribution is 2.42. The molecule has 2 saturated heterocycles. The predicted octanol–water partition coefficient (Wildman–Crippen LogP) is 3.45. The first-order chi connectivity index (χ1) is 28.9. The quantitative estimate of drug-likeness (QED) is 0.0921. The molecule has 0 aliphatic carbocycles. The molecule has 3 aliphatic heterocycles. The van der Waals surface area contributed by atoms with Gasteiger partial charge in [-0.3, -0.25) is 53.7 Å². The number of amides is 7. The van der Waals surface area contributed by atoms with Crippen LogP contribution in [0, 0.1) is 17.1 Å². The fourth-order valence-electron chi connectivity index (χ4n) is 7.11. The van der Waals surface area contributed by atoms with Crippen LogP contribution in [0.15, 0.2) is 48.7 Å². The second-order valence-corrected chi connectivity index (χ2v) is 14.9. The van der Waals surface area contributed by atoms with Crippen molar-refractivity contribution in [1.82, 2.24) is 25.8 Å². The van der Waals surface area contributed by atoms with Crippen molar-refractivity contribution in [3.8, 4) is 11.8 Å². The van der Waals surface area contributed by atoms with Gasteiger partial charge in [0.1, 0.15) is 22.9 Å². The van der Waals surface area contributed by atoms with E-state index in [2.05, 4.69) is 20.9 Å². The van der Waals surface area contributed by atoms with E-state index in [9.17, 15) is 46.7 Å². The molecule has 6 rings (SSSR count). The Bertz CT molecular complexity index is 2400. The number of nitriles is 1. The van der Waals surface area contributed by atoms with E-state index in [4.69, 9.17) is 22.2 Å². The van der Waals surface area contributed by atoms with E-state index < -0.39 is 82.4 Å². The molecule has 7 amide bonds. The molecule has 3 aliphatic rings. The number of imide groups is 2. The van der Waals surface area contributed by atoms with Gasteiger partial charge in [-0.15, -0.1) is 0 Å². The number of hydrogen-bond acceptors (Lipinski definition) is 11. The lowest BCUT2D eigenvalue weighted by Gasteiger charge is -2.29. The molecule has 3 N–H and O–H groups in total. The molecular formula is C40H36F4N8O8S. The normalized spacial score (nSPS) is 17.3. The molecule has 0 bridgehead atoms. The topological polar surface area (TPSA) is 211 Å². The van der Waals surface area contributed by atoms with Crippen molar-refractivity contribution in [2.75, 3.05) is 29.5 Å². The Balaban J connectivity index is 0.923. The van der Waals surface area contributed by atoms with Crippen LogP contribution in [0.4, 0.5) is 28.9 Å². The highest BCUT2D eigenvalue weighted by atomic mass is 32.1. The molecule has 1 atom stereocenters. The highest BCUT2D eigenvalue weighted by Gasteiger charge is 2.52. The fraction of sp³-hybridized carbons (Fsp3) is 0.350. The summed E-state index contributed by atoms with van der Waals surface area (Å²) < 4.78 is 61.9. The molecule has 318 valence electrons. The van der Waals surface area contributed by atoms with Crippen molar-refractivity contribution in [1.29, 1.82) is 5.26 Å². The minimum Gasteiger partial charge on any atom is -0.483 e. The molecule has 1 unspecified atom stereocenters. The number of ether oxygens (including phenoxy) is 1. The smallest absolute Gasteiger partial charge is 0.420 e. The Hall–Kier alpha value is -6.82. The van der Waals surface area contributed by atoms with Crippen LogP contribution in [-0.2, 0) is 36.6 Å². The van der Waals surface area contributed by atoms with Crippen LogP contribution in [0.1, 0.15) is 83.5 Å². The van der Waals surface area contributed by atoms with Crippen LogP contribution in [0.25, 0.3) is 0 Å². The van der Waals surface area contributed by atoms with E-state index in [1.807, 2.05) is 0 Å². The van der Waals surface area contributed by atoms with Gasteiger partial charge in [-0.05, 0) is 88.1 Å². The van der Waals surface area contributed by atoms with E-state index in [0.29, 0.717) is 35.5 Å². The average Bonchev–Trinajstić information content (AvgIpc) is 3.56. The van der Waals surface area contributed by atoms with Gasteiger partial charge >= 0.3 is 6.18 Å². The number of rotatable bonds is 14. The van der Waals surface area contributed by atoms with Gasteiger partial charge in [0.2, 0.25) is 17.7 Å². The number of piperidine rings is 1. The summed E-state index contributed by atoms with van der Waals surface area (Å²) in [5.74, 6) is -6.13. The molecule has 3 aromatic rings. The van der Waals surface area contributed by atoms with Crippen molar-refractivity contribution in [2.45, 2.75) is 70.1 Å². The molecule has 21 heteroatoms. The second kappa shape index (κ2) is 17.4. The van der Waals surface area contributed by atoms with Gasteiger partial charge < -0.3 is 20.3 Å². The highest BCUT2D eigenvalue weighted by molar-refractivity contribution is 7.81. The first kappa shape index (κ1) is 43.8. The molecule has 2 aromatic carbocycles. The van der Waals surface area contributed by atoms with E-state index in [0.717, 1.165) is 17.0 Å². The summed E-state index contributed by atoms with van der Waals surface area (Å²) >= 11 is 5.46. The number of carbonyl (C=O) groups is 7. The number of pyridine rings is 1. The van der Waals surface area contributed by atoms with Crippen molar-refractivity contribution in [3.63, 3.8) is 0 Å². The maximum absolute atomic E-state index is 15.3. The molecule has 2 fully saturated rings. The average molecular weight is 865 g/mol. The van der Waals surface area contributed by atoms with Gasteiger partial charge in [0.05, 0.1) is 40.3 Å². The van der Waals surface area contributed by atoms with Crippen molar-refractivity contribution >= 4 is 70.1 Å². The van der Waals surface area contributed by atoms with Gasteiger partial charge in [-0.1, -0.05) is 6.07 Å². The van der Waals surface area contributed by atoms with Crippen LogP contribution in [0.3, 0.4) is 0 Å². The van der Waals surface area contributed by atoms with Crippen molar-refractivity contribution in [3.05, 3.63) is 82.4 Å². The van der Waals surface area contributed by atoms with Crippen LogP contribution < -0.4 is 30.5 Å². The summed E-state index contributed by atoms with van der Waals surface area (Å²) in [4.78, 5) is 95.6. The molecule has 4 heterocycles. The number of nitrogens with zero attached hydrogens (tertiary/aromatic N) is 5. The van der Waals surface area contributed by atoms with Crippen LogP contribution in [-0.4, -0.2) is 87.6 Å². The SMILES string of the molecule is CC1(C)C(=O)N(c2ccc(C#N)c(C(F)(F)F)c2F)C(=S)N1c1ccc(CCCC(=O)NCCCNC(=O)COc2cccc3c2C(=O)N(C2CCC(=O)NC2=O)C3=O)nc1. The standard InChI is InChI=1S/C40H36F4N8O8S/c1-39(2)37(59)51(25-13-10-21(18-45)32(33(25)41)40(42,43)44)38(61)52(39)23-12-11-22(48-19-23)6-3-9-28(53)46-16-5-17-47-30(55)20-60-27-8-4-7-24-31(27)36(58)50(35(24)57)26-14-15-29(54)49-34(26)56/h4,7-8,10-13,19,26H,3,5-6,9,14-17,20H2,1-2H3,(H,46,53)(H,47,55)(H,49,54,56). The molecule has 1 aromatic heterocycles. The Kier molecular flexibility index (Phi) is 12.5. The zero-order valence-corrected chi connectivity index (χ0v) is 33.3. The van der Waals surface area contributed by atoms with Gasteiger partial charge in [0.15, 0.2) is 17.5 Å². The summed E-state index contributed by atoms with van der Waals surface area (Å²) in [5.41, 5.74) is -4.12. The van der Waals surface area contributed by atoms with Crippen LogP contribution in [0.2, 0.25) is 0 Å². The third kappa shape index (κ3) is 8.75. The van der Waals surface area contributed by atoms with E-state index in [1.54, 1.807) is 12.1 Å². The number of nitrogens with one attached hydrogen (secondary N) is 3. The number of halogens is 4. The number of hydrogen-bond donors (Lipinski definition) is 3. The van der Waals surface area contributed by atoms with Crippen LogP contribution >= 0.6 is 12.2 Å². The van der Waals surface area contributed by atoms with Gasteiger partial charge in [-0.2, -0.15) is 18.4 Å². The lowest BCUT2D eigenvalue weighted by molar-refractivity contribution is -0.140. The number of thiocarbonyl (C=S) groups is 1. The van der Waals surface area contributed by atoms with E-state index in [-0.39, 0.29) is 60.2 Å². The van der Waals surface area contributed by atoms with E-state index >= 15 is 4.39 Å². The number of fused-ring (bicyclic) bond motifs is 1. The van der Waals surface area contributed by atoms with E-state index in [1.165, 1.54) is 49.2 Å². The number of alkyl halides is 3. The zero-order chi connectivity index (χ0) is 44.4. The largest absolute Gasteiger partial charge is 0.483 e. The third-order valence-corrected chi connectivity index (χ3v) is 10.5. The first-order valence-corrected chi connectivity index (χ1v) is 19.2. The number of carbonyl (C=O) groups excluding carboxylic acids is 7. The maximum Gasteiger partial charge on any atom is 0.420 e. The summed E-state index contributed by atoms with van der Waals surface area (Å²) in [6.45, 7) is 2.88. The van der Waals surface area contributed by atoms with Gasteiger partial charge in [0, 0.05) is 31.6 Å². The number of aryl methyl sites for hydroxylation is 1. The number of anilines is 2. The second-order valence-electron chi connectivity index (χ2n) is 14.6. The van der Waals surface area contributed by atoms with Crippen molar-refractivity contribution < 1.29 is 55.9 Å². The molecule has 0 spiro atoms. The zero-order valence-electron chi connectivity index (χ0n) is 32.5. The monoisotopic (exact) mass is 864 g/mol. The van der Waals surface area contributed by atoms with Gasteiger partial charge in [0.25, 0.3) is 23.6 Å². The van der Waals surface area contributed by atoms with Gasteiger partial charge in [-0.25, -0.2) is 4.39 Å². The third-order valence-electron chi connectivity index (χ3n) is 10.1. The Morgan fingerprint density at radius 2 is 1.74 bits per heavy atom. The summed E-state index contributed by atoms with van der Waals surface area (Å²) in [6.07, 6.45) is -2.52. The molecule has 0 saturated carbocycles. The molecule has 0 radical (unpaired) electrons. The van der Waals surface area contributed by atoms with Crippen LogP contribution in [0.5, 0.6) is 5.75 Å². The molecule has 16 nitrogen and oxygen atoms in total. The minimum atomic E-state index is -5.21. The fourth-order valence-corrected chi connectivity index (χ4v) is 7.62. The minimum absolute atomic E-state index is 0.00934. The lowest BCUT2D eigenvalue weighted by atomic mass is 10.0. The number of aromatic nitrogens is 1. The first-order valence-electron chi connectivity index (χ1n) is 18.8. The number of benzene rings is 2. The molecular weight excluding hydrogens is 829 g/mol. The maximum atomic E-state index is 15.3. The Labute approximate surface area is 350 Å². The summed E-state index contributed by atoms with van der Waals surface area (Å²) in [5, 5.41) is 16.3.